The highest BCUT2D eigenvalue weighted by atomic mass is 32.2. The summed E-state index contributed by atoms with van der Waals surface area (Å²) in [4.78, 5) is 51.0. The van der Waals surface area contributed by atoms with Gasteiger partial charge in [-0.05, 0) is 47.7 Å². The molecule has 0 atom stereocenters. The summed E-state index contributed by atoms with van der Waals surface area (Å²) in [6.07, 6.45) is 1.58. The third kappa shape index (κ3) is 3.83. The summed E-state index contributed by atoms with van der Waals surface area (Å²) in [6, 6.07) is 10.3. The predicted octanol–water partition coefficient (Wildman–Crippen LogP) is 2.32. The molecule has 0 radical (unpaired) electrons. The number of nitrogens with zero attached hydrogens (tertiary/aromatic N) is 3. The van der Waals surface area contributed by atoms with Crippen molar-refractivity contribution in [2.75, 3.05) is 25.1 Å². The van der Waals surface area contributed by atoms with Crippen molar-refractivity contribution in [3.05, 3.63) is 57.4 Å². The number of carbonyl (C=O) groups excluding carboxylic acids is 3. The number of nitrogens with one attached hydrogen (secondary N) is 1. The van der Waals surface area contributed by atoms with Crippen molar-refractivity contribution in [1.29, 1.82) is 0 Å². The Bertz CT molecular complexity index is 1450. The molecule has 174 valence electrons. The van der Waals surface area contributed by atoms with Crippen molar-refractivity contribution in [1.82, 2.24) is 14.0 Å². The van der Waals surface area contributed by atoms with Crippen molar-refractivity contribution in [3.63, 3.8) is 0 Å². The highest BCUT2D eigenvalue weighted by Crippen LogP contribution is 2.34. The highest BCUT2D eigenvalue weighted by molar-refractivity contribution is 8.18. The van der Waals surface area contributed by atoms with E-state index in [1.165, 1.54) is 9.13 Å². The van der Waals surface area contributed by atoms with Gasteiger partial charge in [0.25, 0.3) is 11.1 Å². The number of hydrogen-bond donors (Lipinski definition) is 1. The first-order valence-corrected chi connectivity index (χ1v) is 11.2. The van der Waals surface area contributed by atoms with E-state index >= 15 is 0 Å². The topological polar surface area (TPSA) is 112 Å². The summed E-state index contributed by atoms with van der Waals surface area (Å²) in [6.45, 7) is 0.465. The number of imide groups is 1. The smallest absolute Gasteiger partial charge is 0.328 e. The molecule has 3 aromatic rings. The lowest BCUT2D eigenvalue weighted by atomic mass is 10.2. The van der Waals surface area contributed by atoms with Crippen LogP contribution in [0.5, 0.6) is 11.5 Å². The second kappa shape index (κ2) is 8.41. The molecule has 0 saturated carbocycles. The molecule has 11 heteroatoms. The molecule has 1 saturated heterocycles. The molecule has 10 nitrogen and oxygen atoms in total. The number of fused-ring (bicyclic) bond motifs is 2. The number of anilines is 1. The molecule has 3 amide bonds. The molecule has 5 rings (SSSR count). The Morgan fingerprint density at radius 1 is 1.00 bits per heavy atom. The third-order valence-electron chi connectivity index (χ3n) is 5.60. The lowest BCUT2D eigenvalue weighted by Gasteiger charge is -2.19. The van der Waals surface area contributed by atoms with Gasteiger partial charge in [-0.25, -0.2) is 4.79 Å². The molecule has 2 aromatic carbocycles. The molecule has 34 heavy (non-hydrogen) atoms. The Balaban J connectivity index is 1.31. The number of imidazole rings is 1. The average molecular weight is 481 g/mol. The molecular weight excluding hydrogens is 460 g/mol. The largest absolute Gasteiger partial charge is 0.486 e. The molecule has 2 aliphatic heterocycles. The number of benzene rings is 2. The van der Waals surface area contributed by atoms with E-state index in [4.69, 9.17) is 9.47 Å². The van der Waals surface area contributed by atoms with Crippen molar-refractivity contribution in [2.24, 2.45) is 14.1 Å². The number of aromatic nitrogens is 2. The second-order valence-electron chi connectivity index (χ2n) is 7.82. The molecule has 0 aliphatic carbocycles. The van der Waals surface area contributed by atoms with Crippen LogP contribution in [0.2, 0.25) is 0 Å². The zero-order valence-electron chi connectivity index (χ0n) is 18.4. The average Bonchev–Trinajstić information content (AvgIpc) is 3.21. The number of ether oxygens (including phenoxy) is 2. The first-order chi connectivity index (χ1) is 16.3. The number of hydrogen-bond acceptors (Lipinski definition) is 7. The fourth-order valence-corrected chi connectivity index (χ4v) is 4.70. The van der Waals surface area contributed by atoms with Crippen molar-refractivity contribution < 1.29 is 23.9 Å². The van der Waals surface area contributed by atoms with E-state index in [1.54, 1.807) is 56.6 Å². The third-order valence-corrected chi connectivity index (χ3v) is 6.50. The number of rotatable bonds is 4. The minimum atomic E-state index is -0.547. The lowest BCUT2D eigenvalue weighted by Crippen LogP contribution is -2.36. The maximum absolute atomic E-state index is 12.8. The van der Waals surface area contributed by atoms with Gasteiger partial charge in [-0.3, -0.25) is 28.4 Å². The standard InChI is InChI=1S/C23H20N4O6S/c1-25-15-5-3-13(9-16(15)26(2)22(25)30)10-19-21(29)27(23(31)34-19)12-20(28)24-14-4-6-17-18(11-14)33-8-7-32-17/h3-6,9-11H,7-8,12H2,1-2H3,(H,24,28)/b19-10-. The summed E-state index contributed by atoms with van der Waals surface area (Å²) in [5.74, 6) is 0.0513. The molecule has 1 fully saturated rings. The Morgan fingerprint density at radius 3 is 2.53 bits per heavy atom. The summed E-state index contributed by atoms with van der Waals surface area (Å²) < 4.78 is 14.0. The maximum atomic E-state index is 12.8. The van der Waals surface area contributed by atoms with Crippen LogP contribution in [-0.4, -0.2) is 50.8 Å². The van der Waals surface area contributed by atoms with Gasteiger partial charge in [-0.1, -0.05) is 6.07 Å². The number of carbonyl (C=O) groups is 3. The van der Waals surface area contributed by atoms with E-state index in [1.807, 2.05) is 0 Å². The Hall–Kier alpha value is -3.99. The van der Waals surface area contributed by atoms with Gasteiger partial charge in [0.1, 0.15) is 19.8 Å². The van der Waals surface area contributed by atoms with E-state index in [2.05, 4.69) is 5.32 Å². The Morgan fingerprint density at radius 2 is 1.74 bits per heavy atom. The van der Waals surface area contributed by atoms with Crippen LogP contribution >= 0.6 is 11.8 Å². The molecule has 2 aliphatic rings. The zero-order valence-corrected chi connectivity index (χ0v) is 19.2. The zero-order chi connectivity index (χ0) is 24.0. The lowest BCUT2D eigenvalue weighted by molar-refractivity contribution is -0.127. The van der Waals surface area contributed by atoms with Gasteiger partial charge in [0.05, 0.1) is 15.9 Å². The van der Waals surface area contributed by atoms with Gasteiger partial charge in [0.2, 0.25) is 5.91 Å². The molecule has 1 aromatic heterocycles. The molecule has 1 N–H and O–H groups in total. The highest BCUT2D eigenvalue weighted by Gasteiger charge is 2.36. The van der Waals surface area contributed by atoms with Gasteiger partial charge in [0.15, 0.2) is 11.5 Å². The van der Waals surface area contributed by atoms with Crippen LogP contribution in [-0.2, 0) is 23.7 Å². The van der Waals surface area contributed by atoms with E-state index in [-0.39, 0.29) is 10.6 Å². The quantitative estimate of drug-likeness (QED) is 0.571. The van der Waals surface area contributed by atoms with Gasteiger partial charge < -0.3 is 14.8 Å². The predicted molar refractivity (Wildman–Crippen MR) is 127 cm³/mol. The van der Waals surface area contributed by atoms with Crippen molar-refractivity contribution >= 4 is 51.6 Å². The van der Waals surface area contributed by atoms with E-state index in [0.29, 0.717) is 41.5 Å². The Kier molecular flexibility index (Phi) is 5.40. The Labute approximate surface area is 197 Å². The summed E-state index contributed by atoms with van der Waals surface area (Å²) in [7, 11) is 3.36. The van der Waals surface area contributed by atoms with E-state index in [9.17, 15) is 19.2 Å². The molecule has 0 unspecified atom stereocenters. The minimum Gasteiger partial charge on any atom is -0.486 e. The first kappa shape index (κ1) is 21.8. The summed E-state index contributed by atoms with van der Waals surface area (Å²) in [5.41, 5.74) is 2.45. The van der Waals surface area contributed by atoms with Gasteiger partial charge in [0, 0.05) is 25.8 Å². The van der Waals surface area contributed by atoms with Crippen molar-refractivity contribution in [2.45, 2.75) is 0 Å². The van der Waals surface area contributed by atoms with Gasteiger partial charge in [-0.2, -0.15) is 0 Å². The van der Waals surface area contributed by atoms with Crippen LogP contribution < -0.4 is 20.5 Å². The van der Waals surface area contributed by atoms with Crippen LogP contribution in [0.25, 0.3) is 17.1 Å². The number of amides is 3. The van der Waals surface area contributed by atoms with E-state index in [0.717, 1.165) is 22.2 Å². The number of aryl methyl sites for hydroxylation is 2. The summed E-state index contributed by atoms with van der Waals surface area (Å²) >= 11 is 0.770. The van der Waals surface area contributed by atoms with Crippen molar-refractivity contribution in [3.8, 4) is 11.5 Å². The normalized spacial score (nSPS) is 16.5. The van der Waals surface area contributed by atoms with Crippen LogP contribution in [0.1, 0.15) is 5.56 Å². The van der Waals surface area contributed by atoms with E-state index < -0.39 is 23.6 Å². The van der Waals surface area contributed by atoms with Crippen LogP contribution in [0, 0.1) is 0 Å². The second-order valence-corrected chi connectivity index (χ2v) is 8.82. The van der Waals surface area contributed by atoms with Crippen LogP contribution in [0.3, 0.4) is 0 Å². The first-order valence-electron chi connectivity index (χ1n) is 10.4. The number of thioether (sulfide) groups is 1. The minimum absolute atomic E-state index is 0.156. The van der Waals surface area contributed by atoms with Gasteiger partial charge >= 0.3 is 5.69 Å². The fourth-order valence-electron chi connectivity index (χ4n) is 3.87. The molecule has 3 heterocycles. The van der Waals surface area contributed by atoms with Crippen LogP contribution in [0.4, 0.5) is 10.5 Å². The summed E-state index contributed by atoms with van der Waals surface area (Å²) in [5, 5.41) is 2.15. The molecular formula is C23H20N4O6S. The fraction of sp³-hybridized carbons (Fsp3) is 0.217. The SMILES string of the molecule is Cn1c(=O)n(C)c2cc(/C=C3\SC(=O)N(CC(=O)Nc4ccc5c(c4)OCCO5)C3=O)ccc21. The molecule has 0 bridgehead atoms. The monoisotopic (exact) mass is 480 g/mol. The molecule has 0 spiro atoms. The van der Waals surface area contributed by atoms with Gasteiger partial charge in [-0.15, -0.1) is 0 Å². The maximum Gasteiger partial charge on any atom is 0.328 e. The van der Waals surface area contributed by atoms with Crippen LogP contribution in [0.15, 0.2) is 46.1 Å².